The third-order valence-electron chi connectivity index (χ3n) is 3.14. The third-order valence-corrected chi connectivity index (χ3v) is 3.14. The summed E-state index contributed by atoms with van der Waals surface area (Å²) in [5, 5.41) is 18.1. The van der Waals surface area contributed by atoms with Crippen LogP contribution in [0.15, 0.2) is 30.5 Å². The normalized spacial score (nSPS) is 14.9. The van der Waals surface area contributed by atoms with Gasteiger partial charge in [-0.05, 0) is 43.8 Å². The summed E-state index contributed by atoms with van der Waals surface area (Å²) in [5.41, 5.74) is 1.93. The summed E-state index contributed by atoms with van der Waals surface area (Å²) in [6.45, 7) is 6.11. The largest absolute Gasteiger partial charge is 0.488 e. The SMILES string of the molecule is CC(C)(C)OC(=O)N1C=C(c2ccc(B(O)O)cc2)CC1. The Morgan fingerprint density at radius 1 is 1.24 bits per heavy atom. The van der Waals surface area contributed by atoms with Gasteiger partial charge in [-0.15, -0.1) is 0 Å². The molecule has 6 heteroatoms. The molecule has 0 saturated heterocycles. The van der Waals surface area contributed by atoms with Gasteiger partial charge in [0.15, 0.2) is 0 Å². The van der Waals surface area contributed by atoms with Gasteiger partial charge in [0.2, 0.25) is 0 Å². The molecule has 0 aromatic heterocycles. The third kappa shape index (κ3) is 4.09. The van der Waals surface area contributed by atoms with Crippen LogP contribution in [0.3, 0.4) is 0 Å². The molecule has 1 heterocycles. The van der Waals surface area contributed by atoms with E-state index in [1.165, 1.54) is 0 Å². The van der Waals surface area contributed by atoms with Crippen LogP contribution in [0.1, 0.15) is 32.8 Å². The first-order valence-corrected chi connectivity index (χ1v) is 6.93. The van der Waals surface area contributed by atoms with E-state index in [9.17, 15) is 4.79 Å². The molecule has 1 amide bonds. The molecule has 2 rings (SSSR count). The Morgan fingerprint density at radius 2 is 1.86 bits per heavy atom. The Labute approximate surface area is 125 Å². The van der Waals surface area contributed by atoms with Gasteiger partial charge in [-0.2, -0.15) is 0 Å². The van der Waals surface area contributed by atoms with Crippen molar-refractivity contribution >= 4 is 24.2 Å². The molecule has 0 bridgehead atoms. The summed E-state index contributed by atoms with van der Waals surface area (Å²) < 4.78 is 5.33. The first-order chi connectivity index (χ1) is 9.76. The van der Waals surface area contributed by atoms with Crippen LogP contribution in [0, 0.1) is 0 Å². The van der Waals surface area contributed by atoms with Crippen molar-refractivity contribution in [3.63, 3.8) is 0 Å². The highest BCUT2D eigenvalue weighted by molar-refractivity contribution is 6.58. The lowest BCUT2D eigenvalue weighted by Crippen LogP contribution is -2.32. The van der Waals surface area contributed by atoms with Crippen LogP contribution >= 0.6 is 0 Å². The van der Waals surface area contributed by atoms with Crippen molar-refractivity contribution in [1.29, 1.82) is 0 Å². The minimum absolute atomic E-state index is 0.347. The van der Waals surface area contributed by atoms with Gasteiger partial charge in [0.05, 0.1) is 0 Å². The van der Waals surface area contributed by atoms with Crippen molar-refractivity contribution in [2.24, 2.45) is 0 Å². The number of benzene rings is 1. The Balaban J connectivity index is 2.08. The van der Waals surface area contributed by atoms with E-state index in [-0.39, 0.29) is 6.09 Å². The van der Waals surface area contributed by atoms with E-state index in [0.717, 1.165) is 17.6 Å². The monoisotopic (exact) mass is 289 g/mol. The van der Waals surface area contributed by atoms with Crippen molar-refractivity contribution in [3.05, 3.63) is 36.0 Å². The van der Waals surface area contributed by atoms with Crippen molar-refractivity contribution in [2.75, 3.05) is 6.54 Å². The summed E-state index contributed by atoms with van der Waals surface area (Å²) in [6.07, 6.45) is 2.19. The Morgan fingerprint density at radius 3 is 2.38 bits per heavy atom. The van der Waals surface area contributed by atoms with E-state index in [4.69, 9.17) is 14.8 Å². The smallest absolute Gasteiger partial charge is 0.443 e. The zero-order valence-electron chi connectivity index (χ0n) is 12.5. The standard InChI is InChI=1S/C15H20BNO4/c1-15(2,3)21-14(18)17-9-8-12(10-17)11-4-6-13(7-5-11)16(19)20/h4-7,10,19-20H,8-9H2,1-3H3. The maximum atomic E-state index is 12.0. The molecule has 21 heavy (non-hydrogen) atoms. The van der Waals surface area contributed by atoms with E-state index in [1.807, 2.05) is 32.9 Å². The van der Waals surface area contributed by atoms with Gasteiger partial charge < -0.3 is 14.8 Å². The fourth-order valence-electron chi connectivity index (χ4n) is 2.11. The average Bonchev–Trinajstić information content (AvgIpc) is 2.86. The predicted molar refractivity (Wildman–Crippen MR) is 81.8 cm³/mol. The highest BCUT2D eigenvalue weighted by atomic mass is 16.6. The quantitative estimate of drug-likeness (QED) is 0.806. The van der Waals surface area contributed by atoms with Crippen molar-refractivity contribution in [3.8, 4) is 0 Å². The molecule has 2 N–H and O–H groups in total. The molecule has 1 aliphatic rings. The number of carbonyl (C=O) groups excluding carboxylic acids is 1. The lowest BCUT2D eigenvalue weighted by molar-refractivity contribution is 0.0349. The van der Waals surface area contributed by atoms with Gasteiger partial charge >= 0.3 is 13.2 Å². The first-order valence-electron chi connectivity index (χ1n) is 6.93. The maximum Gasteiger partial charge on any atom is 0.488 e. The highest BCUT2D eigenvalue weighted by Gasteiger charge is 2.25. The molecule has 1 aromatic carbocycles. The molecular weight excluding hydrogens is 269 g/mol. The van der Waals surface area contributed by atoms with E-state index in [2.05, 4.69) is 0 Å². The van der Waals surface area contributed by atoms with E-state index in [1.54, 1.807) is 23.2 Å². The van der Waals surface area contributed by atoms with Crippen molar-refractivity contribution < 1.29 is 19.6 Å². The lowest BCUT2D eigenvalue weighted by Gasteiger charge is -2.23. The van der Waals surface area contributed by atoms with Crippen LogP contribution in [0.5, 0.6) is 0 Å². The number of carbonyl (C=O) groups is 1. The van der Waals surface area contributed by atoms with Gasteiger partial charge in [0.25, 0.3) is 0 Å². The summed E-state index contributed by atoms with van der Waals surface area (Å²) in [6, 6.07) is 6.96. The van der Waals surface area contributed by atoms with Crippen LogP contribution in [-0.4, -0.2) is 40.3 Å². The predicted octanol–water partition coefficient (Wildman–Crippen LogP) is 1.35. The second-order valence-electron chi connectivity index (χ2n) is 6.07. The van der Waals surface area contributed by atoms with Crippen LogP contribution in [0.2, 0.25) is 0 Å². The Kier molecular flexibility index (Phi) is 4.39. The van der Waals surface area contributed by atoms with Gasteiger partial charge in [0, 0.05) is 12.7 Å². The molecule has 0 spiro atoms. The van der Waals surface area contributed by atoms with Gasteiger partial charge in [-0.3, -0.25) is 4.90 Å². The zero-order valence-corrected chi connectivity index (χ0v) is 12.5. The molecule has 0 saturated carbocycles. The molecule has 0 atom stereocenters. The molecule has 1 aromatic rings. The van der Waals surface area contributed by atoms with Crippen molar-refractivity contribution in [2.45, 2.75) is 32.8 Å². The summed E-state index contributed by atoms with van der Waals surface area (Å²) in [5.74, 6) is 0. The van der Waals surface area contributed by atoms with Crippen molar-refractivity contribution in [1.82, 2.24) is 4.90 Å². The van der Waals surface area contributed by atoms with Gasteiger partial charge in [0.1, 0.15) is 5.60 Å². The van der Waals surface area contributed by atoms with Crippen LogP contribution in [-0.2, 0) is 4.74 Å². The zero-order chi connectivity index (χ0) is 15.6. The molecule has 1 aliphatic heterocycles. The van der Waals surface area contributed by atoms with E-state index >= 15 is 0 Å². The first kappa shape index (κ1) is 15.6. The van der Waals surface area contributed by atoms with Crippen LogP contribution < -0.4 is 5.46 Å². The second-order valence-corrected chi connectivity index (χ2v) is 6.07. The molecule has 112 valence electrons. The van der Waals surface area contributed by atoms with Crippen LogP contribution in [0.25, 0.3) is 5.57 Å². The minimum atomic E-state index is -1.46. The Bertz CT molecular complexity index is 546. The number of amides is 1. The molecule has 5 nitrogen and oxygen atoms in total. The molecule has 0 fully saturated rings. The van der Waals surface area contributed by atoms with Gasteiger partial charge in [-0.25, -0.2) is 4.79 Å². The lowest BCUT2D eigenvalue weighted by atomic mass is 9.80. The maximum absolute atomic E-state index is 12.0. The molecular formula is C15H20BNO4. The average molecular weight is 289 g/mol. The molecule has 0 radical (unpaired) electrons. The number of hydrogen-bond donors (Lipinski definition) is 2. The summed E-state index contributed by atoms with van der Waals surface area (Å²) >= 11 is 0. The summed E-state index contributed by atoms with van der Waals surface area (Å²) in [4.78, 5) is 13.5. The Hall–Kier alpha value is -1.79. The van der Waals surface area contributed by atoms with E-state index < -0.39 is 12.7 Å². The fourth-order valence-corrected chi connectivity index (χ4v) is 2.11. The van der Waals surface area contributed by atoms with Crippen LogP contribution in [0.4, 0.5) is 4.79 Å². The fraction of sp³-hybridized carbons (Fsp3) is 0.400. The van der Waals surface area contributed by atoms with Gasteiger partial charge in [-0.1, -0.05) is 24.3 Å². The minimum Gasteiger partial charge on any atom is -0.443 e. The highest BCUT2D eigenvalue weighted by Crippen LogP contribution is 2.25. The molecule has 0 unspecified atom stereocenters. The molecule has 0 aliphatic carbocycles. The second kappa shape index (κ2) is 5.91. The van der Waals surface area contributed by atoms with E-state index in [0.29, 0.717) is 12.0 Å². The number of ether oxygens (including phenoxy) is 1. The number of hydrogen-bond acceptors (Lipinski definition) is 4. The number of nitrogens with zero attached hydrogens (tertiary/aromatic N) is 1. The topological polar surface area (TPSA) is 70.0 Å². The number of rotatable bonds is 2. The summed E-state index contributed by atoms with van der Waals surface area (Å²) in [7, 11) is -1.46.